The lowest BCUT2D eigenvalue weighted by Crippen LogP contribution is -2.46. The van der Waals surface area contributed by atoms with Gasteiger partial charge in [-0.25, -0.2) is 0 Å². The lowest BCUT2D eigenvalue weighted by Gasteiger charge is -2.29. The topological polar surface area (TPSA) is 49.3 Å². The van der Waals surface area contributed by atoms with Crippen LogP contribution in [-0.2, 0) is 4.79 Å². The van der Waals surface area contributed by atoms with Crippen LogP contribution in [0.5, 0.6) is 0 Å². The predicted octanol–water partition coefficient (Wildman–Crippen LogP) is 2.19. The van der Waals surface area contributed by atoms with Crippen LogP contribution in [0.4, 0.5) is 0 Å². The van der Waals surface area contributed by atoms with Crippen LogP contribution < -0.4 is 5.32 Å². The molecule has 0 saturated carbocycles. The van der Waals surface area contributed by atoms with E-state index in [4.69, 9.17) is 0 Å². The van der Waals surface area contributed by atoms with E-state index in [1.54, 1.807) is 6.92 Å². The Balaban J connectivity index is 4.17. The third-order valence-electron chi connectivity index (χ3n) is 3.78. The molecule has 1 amide bonds. The van der Waals surface area contributed by atoms with E-state index in [0.29, 0.717) is 12.5 Å². The summed E-state index contributed by atoms with van der Waals surface area (Å²) < 4.78 is 0. The molecule has 0 aliphatic rings. The van der Waals surface area contributed by atoms with Crippen LogP contribution >= 0.6 is 0 Å². The molecule has 0 aliphatic carbocycles. The molecular formula is C13H27NO2. The van der Waals surface area contributed by atoms with E-state index in [2.05, 4.69) is 19.2 Å². The first-order valence-electron chi connectivity index (χ1n) is 6.22. The Labute approximate surface area is 99.6 Å². The second-order valence-corrected chi connectivity index (χ2v) is 5.40. The van der Waals surface area contributed by atoms with Gasteiger partial charge in [0.1, 0.15) is 0 Å². The van der Waals surface area contributed by atoms with Crippen molar-refractivity contribution in [1.82, 2.24) is 5.32 Å². The summed E-state index contributed by atoms with van der Waals surface area (Å²) >= 11 is 0. The number of nitrogens with one attached hydrogen (secondary N) is 1. The van der Waals surface area contributed by atoms with E-state index in [1.165, 1.54) is 0 Å². The molecule has 2 N–H and O–H groups in total. The van der Waals surface area contributed by atoms with Gasteiger partial charge < -0.3 is 10.4 Å². The highest BCUT2D eigenvalue weighted by atomic mass is 16.3. The van der Waals surface area contributed by atoms with Crippen molar-refractivity contribution in [3.63, 3.8) is 0 Å². The van der Waals surface area contributed by atoms with Gasteiger partial charge in [0.15, 0.2) is 0 Å². The van der Waals surface area contributed by atoms with E-state index < -0.39 is 5.60 Å². The van der Waals surface area contributed by atoms with Crippen molar-refractivity contribution >= 4 is 5.91 Å². The molecule has 16 heavy (non-hydrogen) atoms. The summed E-state index contributed by atoms with van der Waals surface area (Å²) in [5.74, 6) is 0.555. The summed E-state index contributed by atoms with van der Waals surface area (Å²) in [6.07, 6.45) is 0.995. The minimum atomic E-state index is -0.829. The van der Waals surface area contributed by atoms with Crippen molar-refractivity contribution in [1.29, 1.82) is 0 Å². The molecule has 3 nitrogen and oxygen atoms in total. The molecule has 0 spiro atoms. The largest absolute Gasteiger partial charge is 0.388 e. The zero-order valence-electron chi connectivity index (χ0n) is 11.5. The van der Waals surface area contributed by atoms with Crippen LogP contribution in [0.25, 0.3) is 0 Å². The third-order valence-corrected chi connectivity index (χ3v) is 3.78. The minimum Gasteiger partial charge on any atom is -0.388 e. The number of rotatable bonds is 6. The van der Waals surface area contributed by atoms with Crippen molar-refractivity contribution < 1.29 is 9.90 Å². The molecule has 3 unspecified atom stereocenters. The third kappa shape index (κ3) is 4.52. The zero-order valence-corrected chi connectivity index (χ0v) is 11.5. The predicted molar refractivity (Wildman–Crippen MR) is 67.1 cm³/mol. The second kappa shape index (κ2) is 6.24. The molecule has 0 aromatic rings. The first-order chi connectivity index (χ1) is 7.22. The SMILES string of the molecule is CCC(C)C(C)C(=O)NCC(C)(O)C(C)C. The lowest BCUT2D eigenvalue weighted by molar-refractivity contribution is -0.127. The van der Waals surface area contributed by atoms with Crippen molar-refractivity contribution in [2.75, 3.05) is 6.54 Å². The smallest absolute Gasteiger partial charge is 0.223 e. The molecule has 0 radical (unpaired) electrons. The summed E-state index contributed by atoms with van der Waals surface area (Å²) in [5.41, 5.74) is -0.829. The maximum absolute atomic E-state index is 11.8. The first-order valence-corrected chi connectivity index (χ1v) is 6.22. The van der Waals surface area contributed by atoms with E-state index >= 15 is 0 Å². The number of carbonyl (C=O) groups is 1. The van der Waals surface area contributed by atoms with Gasteiger partial charge >= 0.3 is 0 Å². The van der Waals surface area contributed by atoms with Crippen molar-refractivity contribution in [3.8, 4) is 0 Å². The molecule has 0 saturated heterocycles. The normalized spacial score (nSPS) is 19.0. The average molecular weight is 229 g/mol. The highest BCUT2D eigenvalue weighted by Crippen LogP contribution is 2.17. The van der Waals surface area contributed by atoms with E-state index in [1.807, 2.05) is 20.8 Å². The van der Waals surface area contributed by atoms with Crippen molar-refractivity contribution in [2.24, 2.45) is 17.8 Å². The lowest BCUT2D eigenvalue weighted by atomic mass is 9.90. The molecule has 3 atom stereocenters. The van der Waals surface area contributed by atoms with Gasteiger partial charge in [0, 0.05) is 12.5 Å². The first kappa shape index (κ1) is 15.4. The fourth-order valence-electron chi connectivity index (χ4n) is 1.24. The van der Waals surface area contributed by atoms with Crippen molar-refractivity contribution in [2.45, 2.75) is 53.6 Å². The fourth-order valence-corrected chi connectivity index (χ4v) is 1.24. The Morgan fingerprint density at radius 1 is 1.31 bits per heavy atom. The van der Waals surface area contributed by atoms with Crippen LogP contribution in [0.1, 0.15) is 48.0 Å². The Morgan fingerprint density at radius 2 is 1.81 bits per heavy atom. The highest BCUT2D eigenvalue weighted by Gasteiger charge is 2.27. The standard InChI is InChI=1S/C13H27NO2/c1-7-10(4)11(5)12(15)14-8-13(6,16)9(2)3/h9-11,16H,7-8H2,1-6H3,(H,14,15). The maximum atomic E-state index is 11.8. The number of aliphatic hydroxyl groups is 1. The van der Waals surface area contributed by atoms with Crippen LogP contribution in [-0.4, -0.2) is 23.2 Å². The van der Waals surface area contributed by atoms with E-state index in [9.17, 15) is 9.90 Å². The van der Waals surface area contributed by atoms with Gasteiger partial charge in [-0.3, -0.25) is 4.79 Å². The fraction of sp³-hybridized carbons (Fsp3) is 0.923. The monoisotopic (exact) mass is 229 g/mol. The minimum absolute atomic E-state index is 0.00737. The maximum Gasteiger partial charge on any atom is 0.223 e. The number of hydrogen-bond acceptors (Lipinski definition) is 2. The summed E-state index contributed by atoms with van der Waals surface area (Å²) in [7, 11) is 0. The summed E-state index contributed by atoms with van der Waals surface area (Å²) in [4.78, 5) is 11.8. The van der Waals surface area contributed by atoms with Crippen LogP contribution in [0.3, 0.4) is 0 Å². The highest BCUT2D eigenvalue weighted by molar-refractivity contribution is 5.78. The quantitative estimate of drug-likeness (QED) is 0.733. The van der Waals surface area contributed by atoms with Crippen LogP contribution in [0.15, 0.2) is 0 Å². The summed E-state index contributed by atoms with van der Waals surface area (Å²) in [6.45, 7) is 12.1. The van der Waals surface area contributed by atoms with Gasteiger partial charge in [0.2, 0.25) is 5.91 Å². The van der Waals surface area contributed by atoms with Crippen molar-refractivity contribution in [3.05, 3.63) is 0 Å². The van der Waals surface area contributed by atoms with E-state index in [0.717, 1.165) is 6.42 Å². The molecule has 0 aromatic carbocycles. The van der Waals surface area contributed by atoms with Gasteiger partial charge in [0.25, 0.3) is 0 Å². The molecule has 0 aromatic heterocycles. The van der Waals surface area contributed by atoms with Crippen LogP contribution in [0, 0.1) is 17.8 Å². The van der Waals surface area contributed by atoms with E-state index in [-0.39, 0.29) is 17.7 Å². The van der Waals surface area contributed by atoms with Gasteiger partial charge in [-0.2, -0.15) is 0 Å². The van der Waals surface area contributed by atoms with Gasteiger partial charge in [0.05, 0.1) is 5.60 Å². The molecule has 3 heteroatoms. The Kier molecular flexibility index (Phi) is 6.01. The summed E-state index contributed by atoms with van der Waals surface area (Å²) in [5, 5.41) is 12.8. The number of carbonyl (C=O) groups excluding carboxylic acids is 1. The second-order valence-electron chi connectivity index (χ2n) is 5.40. The number of amides is 1. The number of hydrogen-bond donors (Lipinski definition) is 2. The summed E-state index contributed by atoms with van der Waals surface area (Å²) in [6, 6.07) is 0. The van der Waals surface area contributed by atoms with Gasteiger partial charge in [-0.1, -0.05) is 41.0 Å². The Morgan fingerprint density at radius 3 is 2.19 bits per heavy atom. The van der Waals surface area contributed by atoms with Gasteiger partial charge in [-0.15, -0.1) is 0 Å². The van der Waals surface area contributed by atoms with Crippen LogP contribution in [0.2, 0.25) is 0 Å². The average Bonchev–Trinajstić information content (AvgIpc) is 2.23. The zero-order chi connectivity index (χ0) is 12.9. The molecule has 0 bridgehead atoms. The molecule has 0 heterocycles. The molecule has 0 rings (SSSR count). The molecule has 0 fully saturated rings. The van der Waals surface area contributed by atoms with Gasteiger partial charge in [-0.05, 0) is 18.8 Å². The Hall–Kier alpha value is -0.570. The molecule has 0 aliphatic heterocycles. The molecule has 96 valence electrons. The Bertz CT molecular complexity index is 224. The molecular weight excluding hydrogens is 202 g/mol.